The Balaban J connectivity index is 1.02. The quantitative estimate of drug-likeness (QED) is 0.140. The van der Waals surface area contributed by atoms with Crippen molar-refractivity contribution in [3.63, 3.8) is 0 Å². The van der Waals surface area contributed by atoms with Gasteiger partial charge in [0.1, 0.15) is 0 Å². The molecule has 0 saturated heterocycles. The molecule has 2 nitrogen and oxygen atoms in total. The lowest BCUT2D eigenvalue weighted by molar-refractivity contribution is -0.0399. The molecule has 11 aromatic carbocycles. The normalized spacial score (nSPS) is 20.5. The smallest absolute Gasteiger partial charge is 0.0546 e. The van der Waals surface area contributed by atoms with Crippen LogP contribution in [0.4, 0.5) is 34.1 Å². The van der Waals surface area contributed by atoms with E-state index in [-0.39, 0.29) is 5.41 Å². The van der Waals surface area contributed by atoms with E-state index in [2.05, 4.69) is 241 Å². The first-order valence-electron chi connectivity index (χ1n) is 26.0. The fourth-order valence-corrected chi connectivity index (χ4v) is 15.1. The van der Waals surface area contributed by atoms with Gasteiger partial charge in [0.25, 0.3) is 0 Å². The van der Waals surface area contributed by atoms with Crippen LogP contribution in [-0.2, 0) is 5.41 Å². The number of anilines is 6. The average Bonchev–Trinajstić information content (AvgIpc) is 3.71. The highest BCUT2D eigenvalue weighted by Gasteiger charge is 2.61. The van der Waals surface area contributed by atoms with Crippen molar-refractivity contribution in [2.24, 2.45) is 23.7 Å². The van der Waals surface area contributed by atoms with Crippen LogP contribution in [0.25, 0.3) is 65.7 Å². The molecule has 4 bridgehead atoms. The van der Waals surface area contributed by atoms with Gasteiger partial charge in [-0.25, -0.2) is 0 Å². The van der Waals surface area contributed by atoms with E-state index in [0.717, 1.165) is 28.9 Å². The lowest BCUT2D eigenvalue weighted by Crippen LogP contribution is -2.55. The van der Waals surface area contributed by atoms with Gasteiger partial charge in [-0.15, -0.1) is 0 Å². The largest absolute Gasteiger partial charge is 0.310 e. The molecule has 0 atom stereocenters. The van der Waals surface area contributed by atoms with Crippen LogP contribution in [0.5, 0.6) is 0 Å². The zero-order valence-corrected chi connectivity index (χ0v) is 40.1. The third-order valence-corrected chi connectivity index (χ3v) is 17.7. The molecule has 16 rings (SSSR count). The van der Waals surface area contributed by atoms with E-state index >= 15 is 0 Å². The van der Waals surface area contributed by atoms with Gasteiger partial charge in [-0.3, -0.25) is 0 Å². The molecule has 0 aliphatic heterocycles. The van der Waals surface area contributed by atoms with Gasteiger partial charge in [-0.1, -0.05) is 164 Å². The molecular formula is C69H54N2. The Bertz CT molecular complexity index is 3790. The Kier molecular flexibility index (Phi) is 9.09. The van der Waals surface area contributed by atoms with Gasteiger partial charge in [0.05, 0.1) is 11.4 Å². The summed E-state index contributed by atoms with van der Waals surface area (Å²) in [7, 11) is 0. The van der Waals surface area contributed by atoms with Gasteiger partial charge in [-0.05, 0) is 190 Å². The first kappa shape index (κ1) is 40.9. The van der Waals surface area contributed by atoms with Crippen molar-refractivity contribution >= 4 is 66.4 Å². The Morgan fingerprint density at radius 2 is 0.944 bits per heavy atom. The first-order valence-corrected chi connectivity index (χ1v) is 26.0. The van der Waals surface area contributed by atoms with E-state index in [1.54, 1.807) is 11.1 Å². The summed E-state index contributed by atoms with van der Waals surface area (Å²) in [5.74, 6) is 3.13. The van der Waals surface area contributed by atoms with Crippen LogP contribution < -0.4 is 9.80 Å². The monoisotopic (exact) mass is 910 g/mol. The number of rotatable bonds is 8. The Morgan fingerprint density at radius 1 is 0.352 bits per heavy atom. The van der Waals surface area contributed by atoms with Crippen molar-refractivity contribution < 1.29 is 0 Å². The molecule has 0 unspecified atom stereocenters. The van der Waals surface area contributed by atoms with E-state index in [1.165, 1.54) is 120 Å². The molecule has 0 radical (unpaired) electrons. The molecule has 1 spiro atoms. The Morgan fingerprint density at radius 3 is 1.69 bits per heavy atom. The number of aryl methyl sites for hydroxylation is 1. The highest BCUT2D eigenvalue weighted by atomic mass is 15.2. The van der Waals surface area contributed by atoms with Crippen molar-refractivity contribution in [2.75, 3.05) is 9.80 Å². The molecule has 0 heterocycles. The molecule has 4 saturated carbocycles. The fourth-order valence-electron chi connectivity index (χ4n) is 15.1. The van der Waals surface area contributed by atoms with Gasteiger partial charge in [-0.2, -0.15) is 0 Å². The van der Waals surface area contributed by atoms with Gasteiger partial charge >= 0.3 is 0 Å². The number of nitrogens with zero attached hydrogens (tertiary/aromatic N) is 2. The topological polar surface area (TPSA) is 6.48 Å². The molecule has 71 heavy (non-hydrogen) atoms. The maximum Gasteiger partial charge on any atom is 0.0546 e. The number of hydrogen-bond donors (Lipinski definition) is 0. The van der Waals surface area contributed by atoms with Crippen molar-refractivity contribution in [3.05, 3.63) is 241 Å². The van der Waals surface area contributed by atoms with Crippen LogP contribution in [0.2, 0.25) is 0 Å². The molecule has 0 N–H and O–H groups in total. The van der Waals surface area contributed by atoms with Gasteiger partial charge in [0.15, 0.2) is 0 Å². The summed E-state index contributed by atoms with van der Waals surface area (Å²) >= 11 is 0. The van der Waals surface area contributed by atoms with Gasteiger partial charge < -0.3 is 9.80 Å². The second-order valence-electron chi connectivity index (χ2n) is 21.3. The van der Waals surface area contributed by atoms with Crippen LogP contribution in [0.1, 0.15) is 48.8 Å². The molecule has 0 aromatic heterocycles. The predicted octanol–water partition coefficient (Wildman–Crippen LogP) is 18.9. The summed E-state index contributed by atoms with van der Waals surface area (Å²) in [6, 6.07) is 84.8. The van der Waals surface area contributed by atoms with E-state index in [1.807, 2.05) is 0 Å². The van der Waals surface area contributed by atoms with Crippen molar-refractivity contribution in [1.29, 1.82) is 0 Å². The summed E-state index contributed by atoms with van der Waals surface area (Å²) in [6.07, 6.45) is 6.89. The third kappa shape index (κ3) is 6.07. The molecular weight excluding hydrogens is 857 g/mol. The standard InChI is InChI=1S/C69H54N2/c1-44-16-11-14-27-64(44)71(55-30-32-57-56-25-12-13-26-62(56)69(63(57)42-55)51-37-45-36-46(39-51)40-52(69)38-45)66-43-61(50-20-15-19-49(41-50)47-17-5-2-6-18-47)58-33-34-59-65(35-29-48-28-31-60(66)68(58)67(48)59)70(53-21-7-3-8-22-53)54-23-9-4-10-24-54/h2-35,41-43,45-46,51-52H,36-40H2,1H3. The fraction of sp³-hybridized carbons (Fsp3) is 0.159. The van der Waals surface area contributed by atoms with E-state index in [0.29, 0.717) is 11.8 Å². The number of para-hydroxylation sites is 3. The molecule has 4 fully saturated rings. The summed E-state index contributed by atoms with van der Waals surface area (Å²) < 4.78 is 0. The lowest BCUT2D eigenvalue weighted by Gasteiger charge is -2.61. The Hall–Kier alpha value is -7.94. The number of hydrogen-bond acceptors (Lipinski definition) is 2. The summed E-state index contributed by atoms with van der Waals surface area (Å²) in [4.78, 5) is 5.07. The molecule has 11 aromatic rings. The minimum atomic E-state index is 0.0538. The Labute approximate surface area is 416 Å². The zero-order valence-electron chi connectivity index (χ0n) is 40.1. The van der Waals surface area contributed by atoms with Gasteiger partial charge in [0, 0.05) is 44.3 Å². The SMILES string of the molecule is Cc1ccccc1N(c1ccc2c(c1)C1(c3ccccc3-2)C2CC3CC(C2)CC1C3)c1cc(-c2cccc(-c3ccccc3)c2)c2ccc3c(N(c4ccccc4)c4ccccc4)ccc4ccc1c2c43. The lowest BCUT2D eigenvalue weighted by atomic mass is 9.43. The van der Waals surface area contributed by atoms with Crippen molar-refractivity contribution in [2.45, 2.75) is 44.4 Å². The van der Waals surface area contributed by atoms with Gasteiger partial charge in [0.2, 0.25) is 0 Å². The molecule has 5 aliphatic carbocycles. The third-order valence-electron chi connectivity index (χ3n) is 17.7. The van der Waals surface area contributed by atoms with Crippen LogP contribution in [-0.4, -0.2) is 0 Å². The highest BCUT2D eigenvalue weighted by Crippen LogP contribution is 2.70. The highest BCUT2D eigenvalue weighted by molar-refractivity contribution is 6.30. The molecule has 2 heteroatoms. The second-order valence-corrected chi connectivity index (χ2v) is 21.3. The van der Waals surface area contributed by atoms with Crippen LogP contribution in [0.15, 0.2) is 224 Å². The minimum Gasteiger partial charge on any atom is -0.310 e. The molecule has 340 valence electrons. The van der Waals surface area contributed by atoms with Crippen molar-refractivity contribution in [3.8, 4) is 33.4 Å². The predicted molar refractivity (Wildman–Crippen MR) is 298 cm³/mol. The maximum atomic E-state index is 2.67. The number of fused-ring (bicyclic) bond motifs is 3. The summed E-state index contributed by atoms with van der Waals surface area (Å²) in [5, 5.41) is 7.57. The summed E-state index contributed by atoms with van der Waals surface area (Å²) in [5.41, 5.74) is 19.3. The van der Waals surface area contributed by atoms with E-state index < -0.39 is 0 Å². The summed E-state index contributed by atoms with van der Waals surface area (Å²) in [6.45, 7) is 2.29. The number of benzene rings is 11. The van der Waals surface area contributed by atoms with Crippen molar-refractivity contribution in [1.82, 2.24) is 0 Å². The van der Waals surface area contributed by atoms with Crippen LogP contribution in [0.3, 0.4) is 0 Å². The average molecular weight is 911 g/mol. The van der Waals surface area contributed by atoms with E-state index in [4.69, 9.17) is 0 Å². The minimum absolute atomic E-state index is 0.0538. The first-order chi connectivity index (χ1) is 35.1. The molecule has 0 amide bonds. The van der Waals surface area contributed by atoms with E-state index in [9.17, 15) is 0 Å². The van der Waals surface area contributed by atoms with Crippen LogP contribution in [0, 0.1) is 30.6 Å². The second kappa shape index (κ2) is 15.8. The molecule has 5 aliphatic rings. The zero-order chi connectivity index (χ0) is 46.8. The maximum absolute atomic E-state index is 2.67. The van der Waals surface area contributed by atoms with Crippen LogP contribution >= 0.6 is 0 Å².